The van der Waals surface area contributed by atoms with Crippen LogP contribution in [0.4, 0.5) is 0 Å². The van der Waals surface area contributed by atoms with Crippen molar-refractivity contribution in [2.75, 3.05) is 6.54 Å². The van der Waals surface area contributed by atoms with Gasteiger partial charge in [-0.3, -0.25) is 0 Å². The number of nitrogens with zero attached hydrogens (tertiary/aromatic N) is 1. The molecular weight excluding hydrogens is 236 g/mol. The summed E-state index contributed by atoms with van der Waals surface area (Å²) in [5.41, 5.74) is 2.27. The van der Waals surface area contributed by atoms with E-state index in [4.69, 9.17) is 4.74 Å². The molecule has 3 nitrogen and oxygen atoms in total. The number of benzene rings is 1. The zero-order valence-corrected chi connectivity index (χ0v) is 11.7. The maximum Gasteiger partial charge on any atom is 0.219 e. The van der Waals surface area contributed by atoms with E-state index in [1.807, 2.05) is 49.5 Å². The van der Waals surface area contributed by atoms with E-state index in [0.29, 0.717) is 11.9 Å². The molecular formula is C16H20N2O. The molecule has 0 radical (unpaired) electrons. The Labute approximate surface area is 114 Å². The van der Waals surface area contributed by atoms with Gasteiger partial charge in [0.2, 0.25) is 5.88 Å². The average molecular weight is 256 g/mol. The van der Waals surface area contributed by atoms with Crippen LogP contribution in [0.1, 0.15) is 31.0 Å². The highest BCUT2D eigenvalue weighted by atomic mass is 16.5. The summed E-state index contributed by atoms with van der Waals surface area (Å²) in [6, 6.07) is 12.2. The summed E-state index contributed by atoms with van der Waals surface area (Å²) in [5, 5.41) is 3.36. The molecule has 1 atom stereocenters. The SMILES string of the molecule is CCNC(C)c1ccc(Oc2ccccc2C)nc1. The molecule has 0 saturated carbocycles. The lowest BCUT2D eigenvalue weighted by molar-refractivity contribution is 0.458. The van der Waals surface area contributed by atoms with Crippen LogP contribution in [0.5, 0.6) is 11.6 Å². The predicted molar refractivity (Wildman–Crippen MR) is 77.6 cm³/mol. The lowest BCUT2D eigenvalue weighted by atomic mass is 10.1. The van der Waals surface area contributed by atoms with Gasteiger partial charge in [-0.2, -0.15) is 0 Å². The third kappa shape index (κ3) is 3.55. The molecule has 1 aromatic carbocycles. The summed E-state index contributed by atoms with van der Waals surface area (Å²) < 4.78 is 5.77. The van der Waals surface area contributed by atoms with Crippen molar-refractivity contribution in [3.05, 3.63) is 53.7 Å². The summed E-state index contributed by atoms with van der Waals surface area (Å²) in [6.45, 7) is 7.20. The molecule has 0 saturated heterocycles. The smallest absolute Gasteiger partial charge is 0.219 e. The Morgan fingerprint density at radius 2 is 2.00 bits per heavy atom. The lowest BCUT2D eigenvalue weighted by Gasteiger charge is -2.13. The van der Waals surface area contributed by atoms with E-state index in [1.165, 1.54) is 5.56 Å². The molecule has 0 aliphatic rings. The highest BCUT2D eigenvalue weighted by molar-refractivity contribution is 5.35. The minimum Gasteiger partial charge on any atom is -0.439 e. The zero-order chi connectivity index (χ0) is 13.7. The molecule has 0 bridgehead atoms. The first kappa shape index (κ1) is 13.6. The Morgan fingerprint density at radius 3 is 2.63 bits per heavy atom. The lowest BCUT2D eigenvalue weighted by Crippen LogP contribution is -2.17. The van der Waals surface area contributed by atoms with Crippen LogP contribution >= 0.6 is 0 Å². The summed E-state index contributed by atoms with van der Waals surface area (Å²) in [4.78, 5) is 4.36. The fraction of sp³-hybridized carbons (Fsp3) is 0.312. The molecule has 0 fully saturated rings. The molecule has 1 aromatic heterocycles. The summed E-state index contributed by atoms with van der Waals surface area (Å²) >= 11 is 0. The largest absolute Gasteiger partial charge is 0.439 e. The number of aryl methyl sites for hydroxylation is 1. The third-order valence-corrected chi connectivity index (χ3v) is 3.08. The maximum atomic E-state index is 5.77. The Balaban J connectivity index is 2.09. The number of pyridine rings is 1. The average Bonchev–Trinajstić information content (AvgIpc) is 2.42. The molecule has 1 unspecified atom stereocenters. The van der Waals surface area contributed by atoms with Gasteiger partial charge in [0.05, 0.1) is 0 Å². The first-order chi connectivity index (χ1) is 9.20. The first-order valence-corrected chi connectivity index (χ1v) is 6.63. The van der Waals surface area contributed by atoms with Crippen molar-refractivity contribution < 1.29 is 4.74 Å². The van der Waals surface area contributed by atoms with Crippen LogP contribution in [0.25, 0.3) is 0 Å². The first-order valence-electron chi connectivity index (χ1n) is 6.63. The van der Waals surface area contributed by atoms with Gasteiger partial charge in [0, 0.05) is 18.3 Å². The van der Waals surface area contributed by atoms with Gasteiger partial charge in [-0.1, -0.05) is 31.2 Å². The highest BCUT2D eigenvalue weighted by Gasteiger charge is 2.05. The number of rotatable bonds is 5. The van der Waals surface area contributed by atoms with Gasteiger partial charge in [-0.25, -0.2) is 4.98 Å². The summed E-state index contributed by atoms with van der Waals surface area (Å²) in [6.07, 6.45) is 1.86. The molecule has 2 aromatic rings. The van der Waals surface area contributed by atoms with Crippen LogP contribution in [0, 0.1) is 6.92 Å². The Bertz CT molecular complexity index is 523. The molecule has 0 aliphatic heterocycles. The van der Waals surface area contributed by atoms with Crippen LogP contribution in [0.3, 0.4) is 0 Å². The second-order valence-corrected chi connectivity index (χ2v) is 4.58. The normalized spacial score (nSPS) is 12.2. The van der Waals surface area contributed by atoms with Crippen LogP contribution in [-0.2, 0) is 0 Å². The van der Waals surface area contributed by atoms with E-state index in [1.54, 1.807) is 0 Å². The number of ether oxygens (including phenoxy) is 1. The zero-order valence-electron chi connectivity index (χ0n) is 11.7. The predicted octanol–water partition coefficient (Wildman–Crippen LogP) is 3.85. The molecule has 19 heavy (non-hydrogen) atoms. The van der Waals surface area contributed by atoms with Crippen molar-refractivity contribution in [3.63, 3.8) is 0 Å². The topological polar surface area (TPSA) is 34.1 Å². The molecule has 0 aliphatic carbocycles. The molecule has 0 amide bonds. The van der Waals surface area contributed by atoms with Crippen molar-refractivity contribution in [2.24, 2.45) is 0 Å². The van der Waals surface area contributed by atoms with Crippen LogP contribution < -0.4 is 10.1 Å². The van der Waals surface area contributed by atoms with Gasteiger partial charge in [0.25, 0.3) is 0 Å². The van der Waals surface area contributed by atoms with Crippen molar-refractivity contribution in [2.45, 2.75) is 26.8 Å². The second-order valence-electron chi connectivity index (χ2n) is 4.58. The number of para-hydroxylation sites is 1. The van der Waals surface area contributed by atoms with Crippen molar-refractivity contribution in [1.29, 1.82) is 0 Å². The van der Waals surface area contributed by atoms with Crippen molar-refractivity contribution >= 4 is 0 Å². The van der Waals surface area contributed by atoms with Gasteiger partial charge in [0.1, 0.15) is 5.75 Å². The molecule has 100 valence electrons. The monoisotopic (exact) mass is 256 g/mol. The molecule has 1 N–H and O–H groups in total. The highest BCUT2D eigenvalue weighted by Crippen LogP contribution is 2.23. The number of hydrogen-bond donors (Lipinski definition) is 1. The standard InChI is InChI=1S/C16H20N2O/c1-4-17-13(3)14-9-10-16(18-11-14)19-15-8-6-5-7-12(15)2/h5-11,13,17H,4H2,1-3H3. The number of hydrogen-bond acceptors (Lipinski definition) is 3. The Hall–Kier alpha value is -1.87. The van der Waals surface area contributed by atoms with Gasteiger partial charge < -0.3 is 10.1 Å². The van der Waals surface area contributed by atoms with Crippen LogP contribution in [0.2, 0.25) is 0 Å². The van der Waals surface area contributed by atoms with E-state index in [9.17, 15) is 0 Å². The van der Waals surface area contributed by atoms with Gasteiger partial charge in [-0.15, -0.1) is 0 Å². The quantitative estimate of drug-likeness (QED) is 0.882. The van der Waals surface area contributed by atoms with E-state index < -0.39 is 0 Å². The molecule has 2 rings (SSSR count). The number of nitrogens with one attached hydrogen (secondary N) is 1. The van der Waals surface area contributed by atoms with Gasteiger partial charge in [0.15, 0.2) is 0 Å². The maximum absolute atomic E-state index is 5.77. The van der Waals surface area contributed by atoms with Crippen LogP contribution in [0.15, 0.2) is 42.6 Å². The fourth-order valence-electron chi connectivity index (χ4n) is 1.92. The van der Waals surface area contributed by atoms with E-state index in [2.05, 4.69) is 24.1 Å². The third-order valence-electron chi connectivity index (χ3n) is 3.08. The van der Waals surface area contributed by atoms with E-state index in [-0.39, 0.29) is 0 Å². The van der Waals surface area contributed by atoms with E-state index >= 15 is 0 Å². The Morgan fingerprint density at radius 1 is 1.21 bits per heavy atom. The van der Waals surface area contributed by atoms with Crippen molar-refractivity contribution in [3.8, 4) is 11.6 Å². The minimum absolute atomic E-state index is 0.310. The minimum atomic E-state index is 0.310. The van der Waals surface area contributed by atoms with Crippen molar-refractivity contribution in [1.82, 2.24) is 10.3 Å². The van der Waals surface area contributed by atoms with Gasteiger partial charge >= 0.3 is 0 Å². The second kappa shape index (κ2) is 6.34. The Kier molecular flexibility index (Phi) is 4.53. The molecule has 1 heterocycles. The molecule has 3 heteroatoms. The summed E-state index contributed by atoms with van der Waals surface area (Å²) in [5.74, 6) is 1.48. The van der Waals surface area contributed by atoms with Gasteiger partial charge in [-0.05, 0) is 37.6 Å². The number of aromatic nitrogens is 1. The summed E-state index contributed by atoms with van der Waals surface area (Å²) in [7, 11) is 0. The van der Waals surface area contributed by atoms with Crippen LogP contribution in [-0.4, -0.2) is 11.5 Å². The van der Waals surface area contributed by atoms with E-state index in [0.717, 1.165) is 17.9 Å². The fourth-order valence-corrected chi connectivity index (χ4v) is 1.92. The molecule has 0 spiro atoms.